The van der Waals surface area contributed by atoms with E-state index in [9.17, 15) is 18.3 Å². The van der Waals surface area contributed by atoms with Crippen molar-refractivity contribution in [1.82, 2.24) is 20.4 Å². The van der Waals surface area contributed by atoms with Crippen LogP contribution in [0.4, 0.5) is 13.2 Å². The minimum atomic E-state index is -4.49. The molecule has 0 spiro atoms. The van der Waals surface area contributed by atoms with Gasteiger partial charge < -0.3 is 15.3 Å². The first-order valence-electron chi connectivity index (χ1n) is 10.0. The van der Waals surface area contributed by atoms with Crippen LogP contribution in [0.3, 0.4) is 0 Å². The van der Waals surface area contributed by atoms with Gasteiger partial charge in [-0.25, -0.2) is 0 Å². The summed E-state index contributed by atoms with van der Waals surface area (Å²) >= 11 is 0. The Morgan fingerprint density at radius 2 is 1.93 bits per heavy atom. The Bertz CT molecular complexity index is 900. The Labute approximate surface area is 167 Å². The summed E-state index contributed by atoms with van der Waals surface area (Å²) < 4.78 is 38.8. The Morgan fingerprint density at radius 3 is 2.62 bits per heavy atom. The summed E-state index contributed by atoms with van der Waals surface area (Å²) in [7, 11) is 2.10. The van der Waals surface area contributed by atoms with Gasteiger partial charge in [0.25, 0.3) is 0 Å². The predicted octanol–water partition coefficient (Wildman–Crippen LogP) is 3.19. The van der Waals surface area contributed by atoms with Gasteiger partial charge in [0.2, 0.25) is 0 Å². The lowest BCUT2D eigenvalue weighted by Crippen LogP contribution is -2.50. The zero-order valence-electron chi connectivity index (χ0n) is 16.4. The van der Waals surface area contributed by atoms with Gasteiger partial charge in [0, 0.05) is 37.7 Å². The monoisotopic (exact) mass is 406 g/mol. The van der Waals surface area contributed by atoms with E-state index in [2.05, 4.69) is 27.5 Å². The number of nitrogens with zero attached hydrogens (tertiary/aromatic N) is 3. The first-order chi connectivity index (χ1) is 13.8. The van der Waals surface area contributed by atoms with E-state index in [-0.39, 0.29) is 0 Å². The zero-order chi connectivity index (χ0) is 20.6. The maximum Gasteiger partial charge on any atom is 0.416 e. The van der Waals surface area contributed by atoms with E-state index in [0.717, 1.165) is 80.7 Å². The molecule has 0 radical (unpaired) electrons. The molecule has 4 rings (SSSR count). The molecular weight excluding hydrogens is 381 g/mol. The van der Waals surface area contributed by atoms with Gasteiger partial charge in [-0.2, -0.15) is 18.3 Å². The summed E-state index contributed by atoms with van der Waals surface area (Å²) in [6, 6.07) is 3.36. The molecular formula is C21H25F3N4O. The number of nitrogens with one attached hydrogen (secondary N) is 1. The van der Waals surface area contributed by atoms with Crippen LogP contribution in [0.5, 0.6) is 5.75 Å². The van der Waals surface area contributed by atoms with E-state index in [0.29, 0.717) is 17.3 Å². The fourth-order valence-electron chi connectivity index (χ4n) is 4.37. The van der Waals surface area contributed by atoms with Gasteiger partial charge in [0.1, 0.15) is 11.4 Å². The maximum atomic E-state index is 12.9. The number of phenols is 1. The first kappa shape index (κ1) is 20.1. The molecule has 2 aromatic rings. The number of hydrogen-bond acceptors (Lipinski definition) is 5. The normalized spacial score (nSPS) is 20.5. The smallest absolute Gasteiger partial charge is 0.416 e. The summed E-state index contributed by atoms with van der Waals surface area (Å²) in [6.45, 7) is 2.90. The van der Waals surface area contributed by atoms with E-state index in [1.54, 1.807) is 0 Å². The van der Waals surface area contributed by atoms with Crippen molar-refractivity contribution in [2.45, 2.75) is 44.3 Å². The van der Waals surface area contributed by atoms with Crippen LogP contribution < -0.4 is 5.32 Å². The second-order valence-corrected chi connectivity index (χ2v) is 8.01. The number of aromatic hydroxyl groups is 1. The first-order valence-corrected chi connectivity index (χ1v) is 10.0. The molecule has 2 heterocycles. The van der Waals surface area contributed by atoms with Crippen molar-refractivity contribution >= 4 is 0 Å². The highest BCUT2D eigenvalue weighted by Crippen LogP contribution is 2.39. The Balaban J connectivity index is 1.69. The molecule has 156 valence electrons. The van der Waals surface area contributed by atoms with Gasteiger partial charge in [-0.15, -0.1) is 5.10 Å². The number of hydrogen-bond donors (Lipinski definition) is 2. The number of halogens is 3. The van der Waals surface area contributed by atoms with E-state index >= 15 is 0 Å². The van der Waals surface area contributed by atoms with Gasteiger partial charge in [0.15, 0.2) is 0 Å². The summed E-state index contributed by atoms with van der Waals surface area (Å²) in [5.74, 6) is -0.412. The summed E-state index contributed by atoms with van der Waals surface area (Å²) in [5.41, 5.74) is 3.07. The highest BCUT2D eigenvalue weighted by atomic mass is 19.4. The van der Waals surface area contributed by atoms with E-state index in [1.807, 2.05) is 0 Å². The number of benzene rings is 1. The van der Waals surface area contributed by atoms with Crippen LogP contribution in [0.25, 0.3) is 11.3 Å². The van der Waals surface area contributed by atoms with Crippen molar-refractivity contribution in [3.63, 3.8) is 0 Å². The molecule has 1 saturated heterocycles. The fourth-order valence-corrected chi connectivity index (χ4v) is 4.37. The zero-order valence-corrected chi connectivity index (χ0v) is 16.4. The molecule has 1 fully saturated rings. The molecule has 1 aromatic heterocycles. The van der Waals surface area contributed by atoms with Crippen LogP contribution in [0.2, 0.25) is 0 Å². The predicted molar refractivity (Wildman–Crippen MR) is 104 cm³/mol. The number of alkyl halides is 3. The molecule has 2 aliphatic rings. The highest BCUT2D eigenvalue weighted by molar-refractivity contribution is 5.71. The van der Waals surface area contributed by atoms with Crippen molar-refractivity contribution in [2.24, 2.45) is 0 Å². The molecule has 5 nitrogen and oxygen atoms in total. The summed E-state index contributed by atoms with van der Waals surface area (Å²) in [6.07, 6.45) is 0.0198. The van der Waals surface area contributed by atoms with Crippen LogP contribution in [0, 0.1) is 0 Å². The third-order valence-corrected chi connectivity index (χ3v) is 5.85. The van der Waals surface area contributed by atoms with Crippen LogP contribution in [0.15, 0.2) is 18.2 Å². The van der Waals surface area contributed by atoms with E-state index in [1.165, 1.54) is 6.07 Å². The van der Waals surface area contributed by atoms with Crippen molar-refractivity contribution in [1.29, 1.82) is 0 Å². The number of fused-ring (bicyclic) bond motifs is 1. The van der Waals surface area contributed by atoms with E-state index < -0.39 is 17.5 Å². The molecule has 0 amide bonds. The highest BCUT2D eigenvalue weighted by Gasteiger charge is 2.32. The number of piperazine rings is 1. The summed E-state index contributed by atoms with van der Waals surface area (Å²) in [5, 5.41) is 22.6. The van der Waals surface area contributed by atoms with Crippen LogP contribution in [-0.4, -0.2) is 52.9 Å². The topological polar surface area (TPSA) is 61.3 Å². The molecule has 1 aromatic carbocycles. The molecule has 2 N–H and O–H groups in total. The second kappa shape index (κ2) is 7.91. The molecule has 8 heteroatoms. The van der Waals surface area contributed by atoms with Gasteiger partial charge in [-0.3, -0.25) is 0 Å². The van der Waals surface area contributed by atoms with Crippen molar-refractivity contribution in [3.05, 3.63) is 40.6 Å². The minimum Gasteiger partial charge on any atom is -0.507 e. The van der Waals surface area contributed by atoms with Crippen molar-refractivity contribution < 1.29 is 18.3 Å². The van der Waals surface area contributed by atoms with Gasteiger partial charge in [-0.05, 0) is 62.1 Å². The number of rotatable bonds is 3. The van der Waals surface area contributed by atoms with Gasteiger partial charge in [0.05, 0.1) is 11.3 Å². The van der Waals surface area contributed by atoms with Gasteiger partial charge in [-0.1, -0.05) is 0 Å². The van der Waals surface area contributed by atoms with Crippen molar-refractivity contribution in [2.75, 3.05) is 26.7 Å². The SMILES string of the molecule is CN1CCN[C@H](Cc2nnc(-c3ccc(C(F)(F)F)cc3O)c3c2CCCC3)C1. The Morgan fingerprint density at radius 1 is 1.17 bits per heavy atom. The second-order valence-electron chi connectivity index (χ2n) is 8.01. The fraction of sp³-hybridized carbons (Fsp3) is 0.524. The standard InChI is InChI=1S/C21H25F3N4O/c1-28-9-8-25-14(12-28)11-18-15-4-2-3-5-16(15)20(27-26-18)17-7-6-13(10-19(17)29)21(22,23)24/h6-7,10,14,25,29H,2-5,8-9,11-12H2,1H3/t14-/m1/s1. The van der Waals surface area contributed by atoms with Crippen LogP contribution >= 0.6 is 0 Å². The third kappa shape index (κ3) is 4.23. The number of likely N-dealkylation sites (N-methyl/N-ethyl adjacent to an activating group) is 1. The number of phenolic OH excluding ortho intramolecular Hbond substituents is 1. The Hall–Kier alpha value is -2.19. The van der Waals surface area contributed by atoms with Gasteiger partial charge >= 0.3 is 6.18 Å². The largest absolute Gasteiger partial charge is 0.507 e. The molecule has 1 atom stereocenters. The molecule has 0 saturated carbocycles. The van der Waals surface area contributed by atoms with Crippen LogP contribution in [0.1, 0.15) is 35.2 Å². The lowest BCUT2D eigenvalue weighted by Gasteiger charge is -2.31. The van der Waals surface area contributed by atoms with E-state index in [4.69, 9.17) is 0 Å². The van der Waals surface area contributed by atoms with Crippen molar-refractivity contribution in [3.8, 4) is 17.0 Å². The average molecular weight is 406 g/mol. The Kier molecular flexibility index (Phi) is 5.48. The van der Waals surface area contributed by atoms with Crippen LogP contribution in [-0.2, 0) is 25.4 Å². The molecule has 0 bridgehead atoms. The maximum absolute atomic E-state index is 12.9. The average Bonchev–Trinajstić information content (AvgIpc) is 2.68. The molecule has 1 aliphatic heterocycles. The lowest BCUT2D eigenvalue weighted by atomic mass is 9.86. The molecule has 0 unspecified atom stereocenters. The quantitative estimate of drug-likeness (QED) is 0.820. The minimum absolute atomic E-state index is 0.305. The lowest BCUT2D eigenvalue weighted by molar-refractivity contribution is -0.137. The molecule has 1 aliphatic carbocycles. The molecule has 29 heavy (non-hydrogen) atoms. The third-order valence-electron chi connectivity index (χ3n) is 5.85. The number of aromatic nitrogens is 2. The summed E-state index contributed by atoms with van der Waals surface area (Å²) in [4.78, 5) is 2.29.